The molecule has 0 saturated heterocycles. The lowest BCUT2D eigenvalue weighted by Gasteiger charge is -2.27. The summed E-state index contributed by atoms with van der Waals surface area (Å²) in [6.45, 7) is 0. The molecule has 2 heterocycles. The smallest absolute Gasteiger partial charge is 0.164 e. The van der Waals surface area contributed by atoms with Crippen LogP contribution in [0.4, 0.5) is 21.6 Å². The molecule has 0 aliphatic carbocycles. The largest absolute Gasteiger partial charge is 0.508 e. The van der Waals surface area contributed by atoms with Gasteiger partial charge in [0.2, 0.25) is 0 Å². The van der Waals surface area contributed by atoms with Gasteiger partial charge in [0.15, 0.2) is 11.5 Å². The first kappa shape index (κ1) is 20.0. The maximum atomic E-state index is 14.3. The van der Waals surface area contributed by atoms with Crippen LogP contribution in [0.3, 0.4) is 0 Å². The number of aromatic nitrogens is 3. The fourth-order valence-electron chi connectivity index (χ4n) is 3.42. The van der Waals surface area contributed by atoms with E-state index in [0.29, 0.717) is 17.2 Å². The highest BCUT2D eigenvalue weighted by molar-refractivity contribution is 7.99. The number of para-hydroxylation sites is 1. The molecule has 0 aliphatic heterocycles. The van der Waals surface area contributed by atoms with Crippen LogP contribution in [0, 0.1) is 5.82 Å². The number of halogens is 1. The molecule has 0 unspecified atom stereocenters. The topological polar surface area (TPSA) is 62.1 Å². The number of anilines is 3. The summed E-state index contributed by atoms with van der Waals surface area (Å²) in [5, 5.41) is 10.4. The molecule has 0 atom stereocenters. The predicted octanol–water partition coefficient (Wildman–Crippen LogP) is 6.49. The fourth-order valence-corrected chi connectivity index (χ4v) is 4.36. The molecule has 0 aliphatic rings. The number of phenolic OH excluding ortho intramolecular Hbond substituents is 1. The summed E-state index contributed by atoms with van der Waals surface area (Å²) in [6, 6.07) is 25.0. The Hall–Kier alpha value is -3.97. The summed E-state index contributed by atoms with van der Waals surface area (Å²) >= 11 is 1.54. The second kappa shape index (κ2) is 8.64. The molecule has 156 valence electrons. The lowest BCUT2D eigenvalue weighted by atomic mass is 10.2. The van der Waals surface area contributed by atoms with E-state index < -0.39 is 0 Å². The third kappa shape index (κ3) is 3.98. The van der Waals surface area contributed by atoms with Crippen LogP contribution < -0.4 is 4.90 Å². The van der Waals surface area contributed by atoms with Crippen LogP contribution in [0.15, 0.2) is 107 Å². The van der Waals surface area contributed by atoms with E-state index in [9.17, 15) is 9.50 Å². The highest BCUT2D eigenvalue weighted by Gasteiger charge is 2.20. The summed E-state index contributed by atoms with van der Waals surface area (Å²) < 4.78 is 14.3. The number of hydrogen-bond acceptors (Lipinski definition) is 6. The van der Waals surface area contributed by atoms with Gasteiger partial charge in [-0.3, -0.25) is 4.90 Å². The zero-order chi connectivity index (χ0) is 21.9. The van der Waals surface area contributed by atoms with Crippen molar-refractivity contribution in [3.8, 4) is 5.75 Å². The lowest BCUT2D eigenvalue weighted by Crippen LogP contribution is -2.13. The number of pyridine rings is 1. The van der Waals surface area contributed by atoms with Gasteiger partial charge in [-0.2, -0.15) is 0 Å². The van der Waals surface area contributed by atoms with Crippen molar-refractivity contribution >= 4 is 40.0 Å². The number of hydrogen-bond donors (Lipinski definition) is 1. The Morgan fingerprint density at radius 2 is 1.66 bits per heavy atom. The lowest BCUT2D eigenvalue weighted by molar-refractivity contribution is 0.475. The van der Waals surface area contributed by atoms with E-state index in [1.54, 1.807) is 36.2 Å². The second-order valence-corrected chi connectivity index (χ2v) is 8.07. The molecule has 32 heavy (non-hydrogen) atoms. The predicted molar refractivity (Wildman–Crippen MR) is 124 cm³/mol. The van der Waals surface area contributed by atoms with Gasteiger partial charge in [0, 0.05) is 16.0 Å². The molecule has 5 nitrogen and oxygen atoms in total. The van der Waals surface area contributed by atoms with Gasteiger partial charge in [-0.1, -0.05) is 30.0 Å². The highest BCUT2D eigenvalue weighted by atomic mass is 32.2. The molecule has 5 rings (SSSR count). The molecule has 0 radical (unpaired) electrons. The molecule has 2 aromatic heterocycles. The van der Waals surface area contributed by atoms with Gasteiger partial charge in [0.1, 0.15) is 17.9 Å². The van der Waals surface area contributed by atoms with Crippen molar-refractivity contribution in [2.45, 2.75) is 9.79 Å². The van der Waals surface area contributed by atoms with Crippen molar-refractivity contribution in [2.24, 2.45) is 0 Å². The van der Waals surface area contributed by atoms with Gasteiger partial charge in [-0.25, -0.2) is 19.3 Å². The van der Waals surface area contributed by atoms with E-state index in [0.717, 1.165) is 20.9 Å². The summed E-state index contributed by atoms with van der Waals surface area (Å²) in [5.41, 5.74) is 2.02. The van der Waals surface area contributed by atoms with Crippen LogP contribution in [-0.4, -0.2) is 20.1 Å². The minimum absolute atomic E-state index is 0.212. The van der Waals surface area contributed by atoms with Gasteiger partial charge in [0.05, 0.1) is 16.8 Å². The molecule has 0 amide bonds. The molecule has 3 aromatic carbocycles. The molecule has 0 fully saturated rings. The number of nitrogens with zero attached hydrogens (tertiary/aromatic N) is 4. The number of phenols is 1. The van der Waals surface area contributed by atoms with Crippen LogP contribution in [-0.2, 0) is 0 Å². The number of rotatable bonds is 5. The third-order valence-corrected chi connectivity index (χ3v) is 5.91. The molecule has 0 bridgehead atoms. The Morgan fingerprint density at radius 3 is 2.50 bits per heavy atom. The van der Waals surface area contributed by atoms with Crippen molar-refractivity contribution in [2.75, 3.05) is 4.90 Å². The molecular formula is C25H17FN4OS. The van der Waals surface area contributed by atoms with Gasteiger partial charge >= 0.3 is 0 Å². The number of benzene rings is 3. The molecule has 1 N–H and O–H groups in total. The normalized spacial score (nSPS) is 10.9. The quantitative estimate of drug-likeness (QED) is 0.337. The molecular weight excluding hydrogens is 423 g/mol. The Kier molecular flexibility index (Phi) is 5.39. The Balaban J connectivity index is 1.71. The van der Waals surface area contributed by atoms with E-state index in [1.165, 1.54) is 18.5 Å². The first-order valence-electron chi connectivity index (χ1n) is 9.86. The van der Waals surface area contributed by atoms with Crippen molar-refractivity contribution in [1.29, 1.82) is 0 Å². The van der Waals surface area contributed by atoms with E-state index in [1.807, 2.05) is 59.5 Å². The van der Waals surface area contributed by atoms with E-state index in [-0.39, 0.29) is 11.6 Å². The van der Waals surface area contributed by atoms with E-state index >= 15 is 0 Å². The first-order chi connectivity index (χ1) is 15.7. The van der Waals surface area contributed by atoms with Crippen LogP contribution in [0.1, 0.15) is 0 Å². The third-order valence-electron chi connectivity index (χ3n) is 4.84. The SMILES string of the molecule is Oc1ccc(Sc2ccccc2N(c2cccc(F)c2)c2ncnc3ncccc23)cc1. The first-order valence-corrected chi connectivity index (χ1v) is 10.7. The Morgan fingerprint density at radius 1 is 0.812 bits per heavy atom. The van der Waals surface area contributed by atoms with Gasteiger partial charge in [-0.05, 0) is 66.7 Å². The van der Waals surface area contributed by atoms with Crippen molar-refractivity contribution < 1.29 is 9.50 Å². The van der Waals surface area contributed by atoms with E-state index in [2.05, 4.69) is 15.0 Å². The van der Waals surface area contributed by atoms with Crippen LogP contribution in [0.2, 0.25) is 0 Å². The van der Waals surface area contributed by atoms with Crippen LogP contribution in [0.5, 0.6) is 5.75 Å². The van der Waals surface area contributed by atoms with Gasteiger partial charge < -0.3 is 5.11 Å². The van der Waals surface area contributed by atoms with Crippen LogP contribution >= 0.6 is 11.8 Å². The van der Waals surface area contributed by atoms with Crippen LogP contribution in [0.25, 0.3) is 11.0 Å². The minimum atomic E-state index is -0.340. The van der Waals surface area contributed by atoms with Gasteiger partial charge in [-0.15, -0.1) is 0 Å². The zero-order valence-corrected chi connectivity index (χ0v) is 17.6. The second-order valence-electron chi connectivity index (χ2n) is 6.95. The Labute approximate surface area is 188 Å². The zero-order valence-electron chi connectivity index (χ0n) is 16.8. The standard InChI is InChI=1S/C25H17FN4OS/c26-17-5-3-6-18(15-17)30(25-21-7-4-14-27-24(21)28-16-29-25)22-8-1-2-9-23(22)32-20-12-10-19(31)11-13-20/h1-16,31H. The fraction of sp³-hybridized carbons (Fsp3) is 0. The molecule has 5 aromatic rings. The van der Waals surface area contributed by atoms with Crippen molar-refractivity contribution in [3.05, 3.63) is 103 Å². The average Bonchev–Trinajstić information content (AvgIpc) is 2.82. The van der Waals surface area contributed by atoms with Gasteiger partial charge in [0.25, 0.3) is 0 Å². The highest BCUT2D eigenvalue weighted by Crippen LogP contribution is 2.43. The average molecular weight is 441 g/mol. The van der Waals surface area contributed by atoms with E-state index in [4.69, 9.17) is 0 Å². The molecule has 0 spiro atoms. The molecule has 0 saturated carbocycles. The van der Waals surface area contributed by atoms with Crippen molar-refractivity contribution in [3.63, 3.8) is 0 Å². The maximum Gasteiger partial charge on any atom is 0.164 e. The summed E-state index contributed by atoms with van der Waals surface area (Å²) in [6.07, 6.45) is 3.15. The number of aromatic hydroxyl groups is 1. The maximum absolute atomic E-state index is 14.3. The summed E-state index contributed by atoms with van der Waals surface area (Å²) in [5.74, 6) is 0.476. The summed E-state index contributed by atoms with van der Waals surface area (Å²) in [4.78, 5) is 17.0. The minimum Gasteiger partial charge on any atom is -0.508 e. The summed E-state index contributed by atoms with van der Waals surface area (Å²) in [7, 11) is 0. The monoisotopic (exact) mass is 440 g/mol. The molecule has 7 heteroatoms. The number of fused-ring (bicyclic) bond motifs is 1. The van der Waals surface area contributed by atoms with Crippen molar-refractivity contribution in [1.82, 2.24) is 15.0 Å². The Bertz CT molecular complexity index is 1390.